The highest BCUT2D eigenvalue weighted by Crippen LogP contribution is 2.66. The molecule has 0 amide bonds. The molecule has 0 N–H and O–H groups in total. The van der Waals surface area contributed by atoms with Crippen molar-refractivity contribution in [3.05, 3.63) is 59.7 Å². The van der Waals surface area contributed by atoms with Crippen LogP contribution in [0.1, 0.15) is 18.1 Å². The largest absolute Gasteiger partial charge is 0.430 e. The molecule has 0 fully saturated rings. The van der Waals surface area contributed by atoms with Crippen LogP contribution in [0.5, 0.6) is 11.5 Å². The normalized spacial score (nSPS) is 11.2. The van der Waals surface area contributed by atoms with Gasteiger partial charge in [0.15, 0.2) is 11.5 Å². The summed E-state index contributed by atoms with van der Waals surface area (Å²) in [7, 11) is 0. The summed E-state index contributed by atoms with van der Waals surface area (Å²) in [5, 5.41) is 0. The van der Waals surface area contributed by atoms with E-state index in [0.717, 1.165) is 17.7 Å². The topological polar surface area (TPSA) is 18.5 Å². The predicted molar refractivity (Wildman–Crippen MR) is 90.0 cm³/mol. The fourth-order valence-electron chi connectivity index (χ4n) is 1.66. The molecule has 0 radical (unpaired) electrons. The number of hydrogen-bond acceptors (Lipinski definition) is 2. The molecule has 0 saturated heterocycles. The number of aryl methyl sites for hydroxylation is 2. The SMILES string of the molecule is CC[P+](Br)(Oc1ccc(C)cc1)Oc1ccc(C)cc1. The smallest absolute Gasteiger partial charge is 0.298 e. The Labute approximate surface area is 129 Å². The first-order valence-electron chi connectivity index (χ1n) is 6.61. The summed E-state index contributed by atoms with van der Waals surface area (Å²) in [4.78, 5) is 0. The van der Waals surface area contributed by atoms with Crippen LogP contribution in [-0.4, -0.2) is 6.16 Å². The Morgan fingerprint density at radius 1 is 0.800 bits per heavy atom. The van der Waals surface area contributed by atoms with Gasteiger partial charge in [-0.15, -0.1) is 0 Å². The monoisotopic (exact) mass is 353 g/mol. The third kappa shape index (κ3) is 4.22. The van der Waals surface area contributed by atoms with Crippen LogP contribution in [-0.2, 0) is 0 Å². The van der Waals surface area contributed by atoms with Crippen LogP contribution in [0.15, 0.2) is 48.5 Å². The molecule has 0 spiro atoms. The average Bonchev–Trinajstić information content (AvgIpc) is 2.44. The molecular weight excluding hydrogens is 335 g/mol. The molecule has 4 heteroatoms. The van der Waals surface area contributed by atoms with Crippen molar-refractivity contribution in [3.63, 3.8) is 0 Å². The van der Waals surface area contributed by atoms with Gasteiger partial charge < -0.3 is 0 Å². The van der Waals surface area contributed by atoms with Crippen molar-refractivity contribution in [2.45, 2.75) is 20.8 Å². The molecule has 0 unspecified atom stereocenters. The maximum atomic E-state index is 6.05. The minimum atomic E-state index is -2.11. The van der Waals surface area contributed by atoms with Gasteiger partial charge in [-0.3, -0.25) is 9.05 Å². The summed E-state index contributed by atoms with van der Waals surface area (Å²) in [5.41, 5.74) is 2.43. The highest BCUT2D eigenvalue weighted by molar-refractivity contribution is 9.41. The van der Waals surface area contributed by atoms with Crippen LogP contribution >= 0.6 is 21.9 Å². The molecule has 0 aliphatic heterocycles. The maximum absolute atomic E-state index is 6.05. The van der Waals surface area contributed by atoms with Crippen molar-refractivity contribution in [1.82, 2.24) is 0 Å². The fourth-order valence-corrected chi connectivity index (χ4v) is 3.83. The minimum absolute atomic E-state index is 0.786. The first-order chi connectivity index (χ1) is 9.50. The van der Waals surface area contributed by atoms with E-state index < -0.39 is 6.42 Å². The Hall–Kier alpha value is -1.05. The molecule has 0 bridgehead atoms. The van der Waals surface area contributed by atoms with Crippen LogP contribution < -0.4 is 9.05 Å². The molecule has 0 heterocycles. The van der Waals surface area contributed by atoms with Gasteiger partial charge in [0, 0.05) is 0 Å². The Morgan fingerprint density at radius 2 is 1.15 bits per heavy atom. The van der Waals surface area contributed by atoms with Gasteiger partial charge in [0.05, 0.1) is 0 Å². The van der Waals surface area contributed by atoms with Gasteiger partial charge in [-0.25, -0.2) is 0 Å². The van der Waals surface area contributed by atoms with Crippen LogP contribution in [0.4, 0.5) is 0 Å². The van der Waals surface area contributed by atoms with Gasteiger partial charge in [-0.2, -0.15) is 0 Å². The van der Waals surface area contributed by atoms with Gasteiger partial charge in [-0.05, 0) is 45.0 Å². The molecule has 2 rings (SSSR count). The zero-order chi connectivity index (χ0) is 14.6. The van der Waals surface area contributed by atoms with E-state index in [4.69, 9.17) is 9.05 Å². The summed E-state index contributed by atoms with van der Waals surface area (Å²) in [6, 6.07) is 16.0. The molecule has 2 nitrogen and oxygen atoms in total. The maximum Gasteiger partial charge on any atom is 0.430 e. The van der Waals surface area contributed by atoms with E-state index in [2.05, 4.69) is 36.3 Å². The lowest BCUT2D eigenvalue weighted by Crippen LogP contribution is -2.05. The van der Waals surface area contributed by atoms with Crippen molar-refractivity contribution in [1.29, 1.82) is 0 Å². The summed E-state index contributed by atoms with van der Waals surface area (Å²) < 4.78 is 12.1. The number of hydrogen-bond donors (Lipinski definition) is 0. The van der Waals surface area contributed by atoms with Gasteiger partial charge >= 0.3 is 6.42 Å². The lowest BCUT2D eigenvalue weighted by atomic mass is 10.2. The predicted octanol–water partition coefficient (Wildman–Crippen LogP) is 5.94. The van der Waals surface area contributed by atoms with E-state index >= 15 is 0 Å². The van der Waals surface area contributed by atoms with Crippen LogP contribution in [0.2, 0.25) is 0 Å². The second-order valence-electron chi connectivity index (χ2n) is 4.72. The first-order valence-corrected chi connectivity index (χ1v) is 10.4. The highest BCUT2D eigenvalue weighted by Gasteiger charge is 2.41. The molecule has 0 atom stereocenters. The quantitative estimate of drug-likeness (QED) is 0.619. The van der Waals surface area contributed by atoms with Crippen molar-refractivity contribution in [2.24, 2.45) is 0 Å². The second-order valence-corrected chi connectivity index (χ2v) is 10.1. The van der Waals surface area contributed by atoms with E-state index in [1.807, 2.05) is 48.5 Å². The molecule has 0 aromatic heterocycles. The fraction of sp³-hybridized carbons (Fsp3) is 0.250. The van der Waals surface area contributed by atoms with Gasteiger partial charge in [-0.1, -0.05) is 35.4 Å². The van der Waals surface area contributed by atoms with Crippen LogP contribution in [0.25, 0.3) is 0 Å². The zero-order valence-corrected chi connectivity index (χ0v) is 14.4. The zero-order valence-electron chi connectivity index (χ0n) is 12.0. The van der Waals surface area contributed by atoms with Crippen molar-refractivity contribution in [3.8, 4) is 11.5 Å². The van der Waals surface area contributed by atoms with Gasteiger partial charge in [0.2, 0.25) is 15.5 Å². The van der Waals surface area contributed by atoms with Gasteiger partial charge in [0.25, 0.3) is 0 Å². The average molecular weight is 354 g/mol. The van der Waals surface area contributed by atoms with Crippen LogP contribution in [0.3, 0.4) is 0 Å². The van der Waals surface area contributed by atoms with E-state index in [1.165, 1.54) is 11.1 Å². The van der Waals surface area contributed by atoms with E-state index in [-0.39, 0.29) is 0 Å². The standard InChI is InChI=1S/C16H19BrO2P/c1-4-20(17,18-15-9-5-13(2)6-10-15)19-16-11-7-14(3)8-12-16/h5-12H,4H2,1-3H3/q+1. The molecule has 20 heavy (non-hydrogen) atoms. The molecular formula is C16H19BrO2P+. The highest BCUT2D eigenvalue weighted by atomic mass is 79.9. The molecule has 0 aliphatic carbocycles. The van der Waals surface area contributed by atoms with E-state index in [1.54, 1.807) is 0 Å². The Kier molecular flexibility index (Phi) is 5.06. The van der Waals surface area contributed by atoms with Gasteiger partial charge in [0.1, 0.15) is 6.16 Å². The molecule has 2 aromatic rings. The third-order valence-corrected chi connectivity index (χ3v) is 7.00. The van der Waals surface area contributed by atoms with Crippen molar-refractivity contribution < 1.29 is 9.05 Å². The minimum Gasteiger partial charge on any atom is -0.298 e. The summed E-state index contributed by atoms with van der Waals surface area (Å²) >= 11 is 3.66. The Morgan fingerprint density at radius 3 is 1.45 bits per heavy atom. The lowest BCUT2D eigenvalue weighted by Gasteiger charge is -2.17. The number of rotatable bonds is 5. The Bertz CT molecular complexity index is 504. The summed E-state index contributed by atoms with van der Waals surface area (Å²) in [5.74, 6) is 1.66. The first kappa shape index (κ1) is 15.3. The molecule has 0 saturated carbocycles. The number of benzene rings is 2. The lowest BCUT2D eigenvalue weighted by molar-refractivity contribution is 0.485. The Balaban J connectivity index is 2.12. The van der Waals surface area contributed by atoms with Crippen molar-refractivity contribution in [2.75, 3.05) is 6.16 Å². The number of halogens is 1. The van der Waals surface area contributed by atoms with E-state index in [9.17, 15) is 0 Å². The summed E-state index contributed by atoms with van der Waals surface area (Å²) in [6.45, 7) is 6.18. The third-order valence-electron chi connectivity index (χ3n) is 2.90. The second kappa shape index (κ2) is 6.60. The molecule has 0 aliphatic rings. The molecule has 106 valence electrons. The van der Waals surface area contributed by atoms with E-state index in [0.29, 0.717) is 0 Å². The van der Waals surface area contributed by atoms with Crippen molar-refractivity contribution >= 4 is 21.9 Å². The molecule has 2 aromatic carbocycles. The van der Waals surface area contributed by atoms with Crippen LogP contribution in [0, 0.1) is 13.8 Å². The summed E-state index contributed by atoms with van der Waals surface area (Å²) in [6.07, 6.45) is -1.33.